The predicted octanol–water partition coefficient (Wildman–Crippen LogP) is 7.75. The van der Waals surface area contributed by atoms with Crippen molar-refractivity contribution in [2.75, 3.05) is 4.90 Å². The molecule has 3 heterocycles. The predicted molar refractivity (Wildman–Crippen MR) is 135 cm³/mol. The van der Waals surface area contributed by atoms with Gasteiger partial charge in [-0.3, -0.25) is 0 Å². The number of aromatic nitrogens is 1. The van der Waals surface area contributed by atoms with E-state index in [1.807, 2.05) is 6.07 Å². The van der Waals surface area contributed by atoms with E-state index in [4.69, 9.17) is 4.42 Å². The molecule has 156 valence electrons. The molecule has 0 amide bonds. The molecule has 8 rings (SSSR count). The zero-order valence-electron chi connectivity index (χ0n) is 17.8. The van der Waals surface area contributed by atoms with Gasteiger partial charge in [0.2, 0.25) is 0 Å². The van der Waals surface area contributed by atoms with Crippen molar-refractivity contribution in [3.05, 3.63) is 114 Å². The Kier molecular flexibility index (Phi) is 3.24. The van der Waals surface area contributed by atoms with Crippen LogP contribution < -0.4 is 4.90 Å². The minimum Gasteiger partial charge on any atom is -0.454 e. The highest BCUT2D eigenvalue weighted by Crippen LogP contribution is 2.55. The van der Waals surface area contributed by atoms with Gasteiger partial charge in [0.05, 0.1) is 17.6 Å². The number of rotatable bonds is 1. The lowest BCUT2D eigenvalue weighted by Crippen LogP contribution is -2.30. The summed E-state index contributed by atoms with van der Waals surface area (Å²) in [6.07, 6.45) is 4.67. The minimum absolute atomic E-state index is 0.182. The first-order valence-corrected chi connectivity index (χ1v) is 11.5. The highest BCUT2D eigenvalue weighted by molar-refractivity contribution is 6.11. The summed E-state index contributed by atoms with van der Waals surface area (Å²) >= 11 is 0. The molecule has 33 heavy (non-hydrogen) atoms. The van der Waals surface area contributed by atoms with E-state index in [1.54, 1.807) is 0 Å². The molecule has 3 heteroatoms. The van der Waals surface area contributed by atoms with Crippen LogP contribution in [0.1, 0.15) is 22.7 Å². The smallest absolute Gasteiger partial charge is 0.159 e. The van der Waals surface area contributed by atoms with Gasteiger partial charge < -0.3 is 14.3 Å². The number of hydrogen-bond donors (Lipinski definition) is 1. The normalized spacial score (nSPS) is 18.7. The van der Waals surface area contributed by atoms with Crippen molar-refractivity contribution < 1.29 is 4.42 Å². The summed E-state index contributed by atoms with van der Waals surface area (Å²) in [7, 11) is 0. The van der Waals surface area contributed by atoms with Crippen LogP contribution in [0.3, 0.4) is 0 Å². The summed E-state index contributed by atoms with van der Waals surface area (Å²) in [6, 6.07) is 32.4. The molecule has 2 atom stereocenters. The molecule has 1 aliphatic carbocycles. The fourth-order valence-electron chi connectivity index (χ4n) is 5.99. The number of hydrogen-bond acceptors (Lipinski definition) is 2. The van der Waals surface area contributed by atoms with Crippen LogP contribution in [0, 0.1) is 0 Å². The van der Waals surface area contributed by atoms with Crippen LogP contribution in [0.25, 0.3) is 38.9 Å². The van der Waals surface area contributed by atoms with Crippen LogP contribution in [-0.2, 0) is 0 Å². The van der Waals surface area contributed by atoms with Crippen LogP contribution >= 0.6 is 0 Å². The number of para-hydroxylation sites is 3. The van der Waals surface area contributed by atoms with Crippen LogP contribution in [0.15, 0.2) is 101 Å². The van der Waals surface area contributed by atoms with Gasteiger partial charge in [-0.05, 0) is 29.8 Å². The molecule has 1 N–H and O–H groups in total. The van der Waals surface area contributed by atoms with E-state index in [0.717, 1.165) is 11.2 Å². The Hall–Kier alpha value is -4.24. The first kappa shape index (κ1) is 17.3. The second-order valence-corrected chi connectivity index (χ2v) is 9.01. The lowest BCUT2D eigenvalue weighted by atomic mass is 9.85. The van der Waals surface area contributed by atoms with E-state index >= 15 is 0 Å². The van der Waals surface area contributed by atoms with Gasteiger partial charge in [0.15, 0.2) is 5.58 Å². The molecular weight excluding hydrogens is 404 g/mol. The van der Waals surface area contributed by atoms with Gasteiger partial charge >= 0.3 is 0 Å². The van der Waals surface area contributed by atoms with Crippen LogP contribution in [0.4, 0.5) is 11.4 Å². The van der Waals surface area contributed by atoms with Gasteiger partial charge in [-0.1, -0.05) is 78.9 Å². The molecule has 2 aromatic heterocycles. The number of aromatic amines is 1. The Labute approximate surface area is 190 Å². The molecule has 3 nitrogen and oxygen atoms in total. The molecule has 2 aliphatic rings. The fraction of sp³-hybridized carbons (Fsp3) is 0.0667. The topological polar surface area (TPSA) is 32.2 Å². The van der Waals surface area contributed by atoms with E-state index in [1.165, 1.54) is 49.9 Å². The number of benzene rings is 4. The van der Waals surface area contributed by atoms with Crippen molar-refractivity contribution >= 4 is 50.3 Å². The van der Waals surface area contributed by atoms with E-state index in [0.29, 0.717) is 0 Å². The van der Waals surface area contributed by atoms with Crippen LogP contribution in [0.2, 0.25) is 0 Å². The summed E-state index contributed by atoms with van der Waals surface area (Å²) in [5.41, 5.74) is 9.37. The Morgan fingerprint density at radius 3 is 2.42 bits per heavy atom. The van der Waals surface area contributed by atoms with E-state index in [9.17, 15) is 0 Å². The Balaban J connectivity index is 1.48. The molecule has 1 aliphatic heterocycles. The number of nitrogens with zero attached hydrogens (tertiary/aromatic N) is 1. The van der Waals surface area contributed by atoms with Crippen LogP contribution in [-0.4, -0.2) is 11.0 Å². The Bertz CT molecular complexity index is 1740. The van der Waals surface area contributed by atoms with Gasteiger partial charge in [-0.2, -0.15) is 0 Å². The monoisotopic (exact) mass is 424 g/mol. The third-order valence-electron chi connectivity index (χ3n) is 7.35. The molecule has 2 unspecified atom stereocenters. The zero-order chi connectivity index (χ0) is 21.5. The van der Waals surface area contributed by atoms with E-state index in [-0.39, 0.29) is 12.0 Å². The van der Waals surface area contributed by atoms with Crippen molar-refractivity contribution in [1.82, 2.24) is 4.98 Å². The highest BCUT2D eigenvalue weighted by atomic mass is 16.3. The SMILES string of the molecule is C1=CC2C(c3ccc4c(oc5ccccc54)c3N2c2ccccc2)c2[nH]c3ccccc3c21. The molecular formula is C30H20N2O. The van der Waals surface area contributed by atoms with Gasteiger partial charge in [0, 0.05) is 38.6 Å². The van der Waals surface area contributed by atoms with Crippen molar-refractivity contribution in [3.8, 4) is 0 Å². The van der Waals surface area contributed by atoms with Crippen molar-refractivity contribution in [2.45, 2.75) is 12.0 Å². The number of furan rings is 1. The quantitative estimate of drug-likeness (QED) is 0.293. The molecule has 4 aromatic carbocycles. The maximum Gasteiger partial charge on any atom is 0.159 e. The zero-order valence-corrected chi connectivity index (χ0v) is 17.8. The minimum atomic E-state index is 0.182. The molecule has 0 radical (unpaired) electrons. The maximum absolute atomic E-state index is 6.52. The number of nitrogens with one attached hydrogen (secondary N) is 1. The number of anilines is 2. The lowest BCUT2D eigenvalue weighted by molar-refractivity contribution is 0.667. The Morgan fingerprint density at radius 1 is 0.727 bits per heavy atom. The average molecular weight is 425 g/mol. The largest absolute Gasteiger partial charge is 0.454 e. The van der Waals surface area contributed by atoms with Crippen molar-refractivity contribution in [1.29, 1.82) is 0 Å². The standard InChI is InChI=1S/C30H20N2O/c1-2-8-18(9-3-1)32-25-17-16-21-19-10-4-6-12-24(19)31-28(21)27(25)23-15-14-22-20-11-5-7-13-26(20)33-30(22)29(23)32/h1-17,25,27,31H. The first-order valence-electron chi connectivity index (χ1n) is 11.5. The fourth-order valence-corrected chi connectivity index (χ4v) is 5.99. The highest BCUT2D eigenvalue weighted by Gasteiger charge is 2.44. The second-order valence-electron chi connectivity index (χ2n) is 9.01. The maximum atomic E-state index is 6.52. The third-order valence-corrected chi connectivity index (χ3v) is 7.35. The summed E-state index contributed by atoms with van der Waals surface area (Å²) in [4.78, 5) is 6.23. The third kappa shape index (κ3) is 2.19. The van der Waals surface area contributed by atoms with E-state index in [2.05, 4.69) is 107 Å². The molecule has 0 saturated heterocycles. The van der Waals surface area contributed by atoms with Gasteiger partial charge in [0.1, 0.15) is 5.58 Å². The number of H-pyrrole nitrogens is 1. The molecule has 0 bridgehead atoms. The van der Waals surface area contributed by atoms with Crippen molar-refractivity contribution in [2.24, 2.45) is 0 Å². The summed E-state index contributed by atoms with van der Waals surface area (Å²) in [6.45, 7) is 0. The van der Waals surface area contributed by atoms with E-state index < -0.39 is 0 Å². The van der Waals surface area contributed by atoms with Gasteiger partial charge in [0.25, 0.3) is 0 Å². The summed E-state index contributed by atoms with van der Waals surface area (Å²) in [5, 5.41) is 3.62. The van der Waals surface area contributed by atoms with Crippen molar-refractivity contribution in [3.63, 3.8) is 0 Å². The second kappa shape index (κ2) is 6.17. The van der Waals surface area contributed by atoms with Gasteiger partial charge in [-0.15, -0.1) is 0 Å². The number of fused-ring (bicyclic) bond motifs is 11. The molecule has 6 aromatic rings. The molecule has 0 saturated carbocycles. The molecule has 0 fully saturated rings. The van der Waals surface area contributed by atoms with Gasteiger partial charge in [-0.25, -0.2) is 0 Å². The molecule has 0 spiro atoms. The average Bonchev–Trinajstić information content (AvgIpc) is 3.53. The summed E-state index contributed by atoms with van der Waals surface area (Å²) in [5.74, 6) is 0.213. The lowest BCUT2D eigenvalue weighted by Gasteiger charge is -2.30. The van der Waals surface area contributed by atoms with Crippen LogP contribution in [0.5, 0.6) is 0 Å². The Morgan fingerprint density at radius 2 is 1.52 bits per heavy atom. The first-order chi connectivity index (χ1) is 16.4. The summed E-state index contributed by atoms with van der Waals surface area (Å²) < 4.78 is 6.52.